The Morgan fingerprint density at radius 2 is 2.13 bits per heavy atom. The zero-order valence-corrected chi connectivity index (χ0v) is 13.1. The van der Waals surface area contributed by atoms with Crippen molar-refractivity contribution in [3.8, 4) is 0 Å². The molecular formula is C13H20N4O6. The Kier molecular flexibility index (Phi) is 3.82. The van der Waals surface area contributed by atoms with Crippen LogP contribution in [0.15, 0.2) is 12.0 Å². The Labute approximate surface area is 132 Å². The van der Waals surface area contributed by atoms with E-state index in [4.69, 9.17) is 24.7 Å². The molecular weight excluding hydrogens is 308 g/mol. The van der Waals surface area contributed by atoms with Crippen LogP contribution in [0.4, 0.5) is 4.79 Å². The minimum absolute atomic E-state index is 0.0138. The number of hydrogen-bond acceptors (Lipinski definition) is 8. The summed E-state index contributed by atoms with van der Waals surface area (Å²) in [4.78, 5) is 23.1. The highest BCUT2D eigenvalue weighted by Crippen LogP contribution is 2.39. The summed E-state index contributed by atoms with van der Waals surface area (Å²) in [5.41, 5.74) is 8.28. The number of fused-ring (bicyclic) bond motifs is 1. The second kappa shape index (κ2) is 5.55. The van der Waals surface area contributed by atoms with Gasteiger partial charge in [-0.05, 0) is 13.8 Å². The fourth-order valence-corrected chi connectivity index (χ4v) is 2.81. The molecule has 4 atom stereocenters. The fraction of sp³-hybridized carbons (Fsp3) is 0.692. The van der Waals surface area contributed by atoms with Crippen molar-refractivity contribution in [1.82, 2.24) is 15.8 Å². The SMILES string of the molecule is CC(=O)OC[C@H]1O[C@@H](N2NC=C(N)NC2=O)[C@H]2OC(C)(C)O[C@H]21. The number of nitrogens with zero attached hydrogens (tertiary/aromatic N) is 1. The Balaban J connectivity index is 1.78. The van der Waals surface area contributed by atoms with Gasteiger partial charge >= 0.3 is 12.0 Å². The van der Waals surface area contributed by atoms with Crippen LogP contribution in [-0.4, -0.2) is 53.9 Å². The number of rotatable bonds is 3. The standard InChI is InChI=1S/C13H20N4O6/c1-6(18)20-5-7-9-10(23-13(2,3)22-9)11(21-7)17-12(19)16-8(14)4-15-17/h4,7,9-11,15H,5,14H2,1-3H3,(H,16,19)/t7-,9+,10+,11-/m1/s1. The van der Waals surface area contributed by atoms with Gasteiger partial charge in [-0.3, -0.25) is 15.5 Å². The normalized spacial score (nSPS) is 35.2. The van der Waals surface area contributed by atoms with E-state index in [-0.39, 0.29) is 12.4 Å². The number of carbonyl (C=O) groups is 2. The van der Waals surface area contributed by atoms with Crippen LogP contribution in [-0.2, 0) is 23.7 Å². The van der Waals surface area contributed by atoms with Gasteiger partial charge in [0.15, 0.2) is 12.0 Å². The van der Waals surface area contributed by atoms with Gasteiger partial charge in [0, 0.05) is 6.92 Å². The molecule has 0 aliphatic carbocycles. The Morgan fingerprint density at radius 1 is 1.43 bits per heavy atom. The van der Waals surface area contributed by atoms with Crippen molar-refractivity contribution in [1.29, 1.82) is 0 Å². The van der Waals surface area contributed by atoms with Crippen molar-refractivity contribution in [3.05, 3.63) is 12.0 Å². The molecule has 3 rings (SSSR count). The molecule has 10 heteroatoms. The lowest BCUT2D eigenvalue weighted by atomic mass is 10.1. The van der Waals surface area contributed by atoms with E-state index < -0.39 is 42.3 Å². The third kappa shape index (κ3) is 3.05. The molecule has 0 aromatic carbocycles. The van der Waals surface area contributed by atoms with E-state index in [1.807, 2.05) is 0 Å². The van der Waals surface area contributed by atoms with Crippen molar-refractivity contribution in [2.45, 2.75) is 51.1 Å². The van der Waals surface area contributed by atoms with Gasteiger partial charge in [0.25, 0.3) is 0 Å². The van der Waals surface area contributed by atoms with E-state index >= 15 is 0 Å². The highest BCUT2D eigenvalue weighted by molar-refractivity contribution is 5.76. The summed E-state index contributed by atoms with van der Waals surface area (Å²) in [6, 6.07) is -0.477. The first-order valence-electron chi connectivity index (χ1n) is 7.23. The monoisotopic (exact) mass is 328 g/mol. The van der Waals surface area contributed by atoms with Crippen LogP contribution in [0.25, 0.3) is 0 Å². The summed E-state index contributed by atoms with van der Waals surface area (Å²) >= 11 is 0. The molecule has 0 aromatic heterocycles. The van der Waals surface area contributed by atoms with E-state index in [0.717, 1.165) is 0 Å². The lowest BCUT2D eigenvalue weighted by Gasteiger charge is -2.34. The third-order valence-corrected chi connectivity index (χ3v) is 3.66. The molecule has 0 aromatic rings. The molecule has 0 unspecified atom stereocenters. The number of hydrazine groups is 1. The molecule has 23 heavy (non-hydrogen) atoms. The van der Waals surface area contributed by atoms with E-state index in [1.165, 1.54) is 18.1 Å². The molecule has 2 amide bonds. The van der Waals surface area contributed by atoms with Gasteiger partial charge in [0.1, 0.15) is 30.7 Å². The Hall–Kier alpha value is -2.04. The zero-order valence-electron chi connectivity index (χ0n) is 13.1. The quantitative estimate of drug-likeness (QED) is 0.568. The minimum Gasteiger partial charge on any atom is -0.463 e. The molecule has 0 spiro atoms. The van der Waals surface area contributed by atoms with Crippen LogP contribution >= 0.6 is 0 Å². The Morgan fingerprint density at radius 3 is 2.78 bits per heavy atom. The smallest absolute Gasteiger partial charge is 0.344 e. The van der Waals surface area contributed by atoms with Gasteiger partial charge in [-0.25, -0.2) is 9.80 Å². The van der Waals surface area contributed by atoms with Gasteiger partial charge in [-0.1, -0.05) is 0 Å². The van der Waals surface area contributed by atoms with Crippen LogP contribution in [0.2, 0.25) is 0 Å². The van der Waals surface area contributed by atoms with Crippen LogP contribution in [0.5, 0.6) is 0 Å². The fourth-order valence-electron chi connectivity index (χ4n) is 2.81. The lowest BCUT2D eigenvalue weighted by molar-refractivity contribution is -0.209. The molecule has 0 bridgehead atoms. The lowest BCUT2D eigenvalue weighted by Crippen LogP contribution is -2.59. The summed E-state index contributed by atoms with van der Waals surface area (Å²) in [6.45, 7) is 4.87. The van der Waals surface area contributed by atoms with Gasteiger partial charge in [-0.15, -0.1) is 0 Å². The number of esters is 1. The van der Waals surface area contributed by atoms with Crippen molar-refractivity contribution >= 4 is 12.0 Å². The second-order valence-electron chi connectivity index (χ2n) is 5.96. The van der Waals surface area contributed by atoms with Crippen molar-refractivity contribution in [3.63, 3.8) is 0 Å². The van der Waals surface area contributed by atoms with Gasteiger partial charge in [-0.2, -0.15) is 0 Å². The maximum Gasteiger partial charge on any atom is 0.344 e. The third-order valence-electron chi connectivity index (χ3n) is 3.66. The second-order valence-corrected chi connectivity index (χ2v) is 5.96. The van der Waals surface area contributed by atoms with E-state index in [2.05, 4.69) is 10.7 Å². The first kappa shape index (κ1) is 15.8. The van der Waals surface area contributed by atoms with E-state index in [9.17, 15) is 9.59 Å². The number of ether oxygens (including phenoxy) is 4. The first-order valence-corrected chi connectivity index (χ1v) is 7.23. The van der Waals surface area contributed by atoms with Crippen molar-refractivity contribution in [2.75, 3.05) is 6.61 Å². The summed E-state index contributed by atoms with van der Waals surface area (Å²) in [6.07, 6.45) is -0.871. The molecule has 10 nitrogen and oxygen atoms in total. The van der Waals surface area contributed by atoms with Crippen LogP contribution < -0.4 is 16.5 Å². The largest absolute Gasteiger partial charge is 0.463 e. The van der Waals surface area contributed by atoms with Crippen LogP contribution in [0, 0.1) is 0 Å². The maximum absolute atomic E-state index is 12.1. The predicted molar refractivity (Wildman–Crippen MR) is 74.9 cm³/mol. The number of amides is 2. The van der Waals surface area contributed by atoms with Crippen LogP contribution in [0.3, 0.4) is 0 Å². The summed E-state index contributed by atoms with van der Waals surface area (Å²) in [5, 5.41) is 3.70. The molecule has 0 saturated carbocycles. The number of nitrogens with one attached hydrogen (secondary N) is 2. The maximum atomic E-state index is 12.1. The highest BCUT2D eigenvalue weighted by atomic mass is 16.8. The first-order chi connectivity index (χ1) is 10.8. The summed E-state index contributed by atoms with van der Waals surface area (Å²) < 4.78 is 22.5. The molecule has 3 aliphatic heterocycles. The molecule has 2 fully saturated rings. The number of urea groups is 1. The number of carbonyl (C=O) groups excluding carboxylic acids is 2. The van der Waals surface area contributed by atoms with Crippen LogP contribution in [0.1, 0.15) is 20.8 Å². The van der Waals surface area contributed by atoms with Crippen molar-refractivity contribution < 1.29 is 28.5 Å². The summed E-state index contributed by atoms with van der Waals surface area (Å²) in [5.74, 6) is -1.05. The van der Waals surface area contributed by atoms with Gasteiger partial charge in [0.05, 0.1) is 6.20 Å². The highest BCUT2D eigenvalue weighted by Gasteiger charge is 2.58. The number of nitrogens with two attached hydrogens (primary N) is 1. The Bertz CT molecular complexity index is 551. The van der Waals surface area contributed by atoms with E-state index in [0.29, 0.717) is 0 Å². The number of hydrogen-bond donors (Lipinski definition) is 3. The predicted octanol–water partition coefficient (Wildman–Crippen LogP) is -0.918. The summed E-state index contributed by atoms with van der Waals surface area (Å²) in [7, 11) is 0. The van der Waals surface area contributed by atoms with Gasteiger partial charge < -0.3 is 24.7 Å². The minimum atomic E-state index is -0.826. The molecule has 128 valence electrons. The molecule has 2 saturated heterocycles. The molecule has 3 heterocycles. The molecule has 3 aliphatic rings. The molecule has 0 radical (unpaired) electrons. The zero-order chi connectivity index (χ0) is 16.8. The van der Waals surface area contributed by atoms with Gasteiger partial charge in [0.2, 0.25) is 0 Å². The molecule has 4 N–H and O–H groups in total. The topological polar surface area (TPSA) is 124 Å². The average Bonchev–Trinajstić information content (AvgIpc) is 2.90. The van der Waals surface area contributed by atoms with E-state index in [1.54, 1.807) is 13.8 Å². The van der Waals surface area contributed by atoms with Crippen molar-refractivity contribution in [2.24, 2.45) is 5.73 Å². The average molecular weight is 328 g/mol.